The SMILES string of the molecule is CCNC(=NCCc1nnc2n1CCCCC2)NC(C)Cc1ccc(C)s1. The second kappa shape index (κ2) is 9.88. The van der Waals surface area contributed by atoms with Crippen LogP contribution in [0.3, 0.4) is 0 Å². The molecule has 0 saturated heterocycles. The van der Waals surface area contributed by atoms with Crippen molar-refractivity contribution in [2.45, 2.75) is 71.9 Å². The number of thiophene rings is 1. The Kier molecular flexibility index (Phi) is 7.26. The maximum Gasteiger partial charge on any atom is 0.191 e. The molecule has 7 heteroatoms. The van der Waals surface area contributed by atoms with Crippen LogP contribution in [-0.4, -0.2) is 39.9 Å². The van der Waals surface area contributed by atoms with Gasteiger partial charge in [-0.05, 0) is 45.7 Å². The Morgan fingerprint density at radius 2 is 2.19 bits per heavy atom. The fourth-order valence-corrected chi connectivity index (χ4v) is 4.52. The fraction of sp³-hybridized carbons (Fsp3) is 0.650. The van der Waals surface area contributed by atoms with E-state index in [1.807, 2.05) is 11.3 Å². The molecule has 2 aromatic heterocycles. The molecule has 1 aliphatic rings. The molecule has 0 spiro atoms. The highest BCUT2D eigenvalue weighted by molar-refractivity contribution is 7.11. The number of aromatic nitrogens is 3. The zero-order valence-corrected chi connectivity index (χ0v) is 17.6. The summed E-state index contributed by atoms with van der Waals surface area (Å²) in [5.74, 6) is 3.11. The van der Waals surface area contributed by atoms with Gasteiger partial charge in [0.1, 0.15) is 11.6 Å². The molecule has 0 amide bonds. The molecule has 2 N–H and O–H groups in total. The molecule has 27 heavy (non-hydrogen) atoms. The van der Waals surface area contributed by atoms with Crippen LogP contribution in [0.5, 0.6) is 0 Å². The summed E-state index contributed by atoms with van der Waals surface area (Å²) in [6.07, 6.45) is 6.65. The van der Waals surface area contributed by atoms with Crippen LogP contribution in [0.2, 0.25) is 0 Å². The monoisotopic (exact) mass is 388 g/mol. The average Bonchev–Trinajstić information content (AvgIpc) is 3.13. The van der Waals surface area contributed by atoms with E-state index in [1.54, 1.807) is 0 Å². The number of hydrogen-bond donors (Lipinski definition) is 2. The molecule has 0 radical (unpaired) electrons. The van der Waals surface area contributed by atoms with Crippen LogP contribution in [0, 0.1) is 6.92 Å². The smallest absolute Gasteiger partial charge is 0.191 e. The van der Waals surface area contributed by atoms with Gasteiger partial charge in [0.2, 0.25) is 0 Å². The number of nitrogens with zero attached hydrogens (tertiary/aromatic N) is 4. The van der Waals surface area contributed by atoms with Gasteiger partial charge in [-0.1, -0.05) is 6.42 Å². The Morgan fingerprint density at radius 3 is 2.96 bits per heavy atom. The van der Waals surface area contributed by atoms with Crippen molar-refractivity contribution >= 4 is 17.3 Å². The van der Waals surface area contributed by atoms with Gasteiger partial charge in [-0.3, -0.25) is 4.99 Å². The van der Waals surface area contributed by atoms with Crippen LogP contribution in [0.15, 0.2) is 17.1 Å². The highest BCUT2D eigenvalue weighted by Gasteiger charge is 2.14. The number of hydrogen-bond acceptors (Lipinski definition) is 4. The molecule has 1 atom stereocenters. The van der Waals surface area contributed by atoms with E-state index in [1.165, 1.54) is 29.0 Å². The van der Waals surface area contributed by atoms with Gasteiger partial charge in [-0.15, -0.1) is 21.5 Å². The zero-order chi connectivity index (χ0) is 19.1. The normalized spacial score (nSPS) is 15.9. The van der Waals surface area contributed by atoms with E-state index in [-0.39, 0.29) is 0 Å². The number of fused-ring (bicyclic) bond motifs is 1. The molecular formula is C20H32N6S. The first-order chi connectivity index (χ1) is 13.2. The lowest BCUT2D eigenvalue weighted by Gasteiger charge is -2.17. The third-order valence-electron chi connectivity index (χ3n) is 4.82. The van der Waals surface area contributed by atoms with E-state index in [4.69, 9.17) is 4.99 Å². The first-order valence-corrected chi connectivity index (χ1v) is 11.0. The van der Waals surface area contributed by atoms with Gasteiger partial charge in [0, 0.05) is 54.7 Å². The van der Waals surface area contributed by atoms with Gasteiger partial charge >= 0.3 is 0 Å². The van der Waals surface area contributed by atoms with Crippen LogP contribution >= 0.6 is 11.3 Å². The predicted octanol–water partition coefficient (Wildman–Crippen LogP) is 3.10. The highest BCUT2D eigenvalue weighted by atomic mass is 32.1. The summed E-state index contributed by atoms with van der Waals surface area (Å²) in [5.41, 5.74) is 0. The third kappa shape index (κ3) is 5.79. The Bertz CT molecular complexity index is 747. The molecule has 3 rings (SSSR count). The molecule has 0 aromatic carbocycles. The topological polar surface area (TPSA) is 67.1 Å². The zero-order valence-electron chi connectivity index (χ0n) is 16.8. The van der Waals surface area contributed by atoms with Crippen LogP contribution in [0.4, 0.5) is 0 Å². The molecule has 0 fully saturated rings. The minimum atomic E-state index is 0.338. The van der Waals surface area contributed by atoms with Crippen molar-refractivity contribution in [1.82, 2.24) is 25.4 Å². The maximum absolute atomic E-state index is 4.76. The fourth-order valence-electron chi connectivity index (χ4n) is 3.50. The summed E-state index contributed by atoms with van der Waals surface area (Å²) in [6, 6.07) is 4.75. The number of nitrogens with one attached hydrogen (secondary N) is 2. The quantitative estimate of drug-likeness (QED) is 0.565. The van der Waals surface area contributed by atoms with Crippen molar-refractivity contribution in [2.75, 3.05) is 13.1 Å². The molecule has 0 bridgehead atoms. The lowest BCUT2D eigenvalue weighted by molar-refractivity contribution is 0.603. The van der Waals surface area contributed by atoms with Crippen molar-refractivity contribution in [3.8, 4) is 0 Å². The molecule has 1 unspecified atom stereocenters. The summed E-state index contributed by atoms with van der Waals surface area (Å²) < 4.78 is 2.31. The van der Waals surface area contributed by atoms with E-state index in [0.717, 1.165) is 56.5 Å². The molecule has 6 nitrogen and oxygen atoms in total. The van der Waals surface area contributed by atoms with Crippen LogP contribution < -0.4 is 10.6 Å². The van der Waals surface area contributed by atoms with Gasteiger partial charge in [-0.2, -0.15) is 0 Å². The third-order valence-corrected chi connectivity index (χ3v) is 5.85. The molecule has 0 aliphatic carbocycles. The second-order valence-electron chi connectivity index (χ2n) is 7.27. The first-order valence-electron chi connectivity index (χ1n) is 10.2. The highest BCUT2D eigenvalue weighted by Crippen LogP contribution is 2.17. The number of rotatable bonds is 7. The summed E-state index contributed by atoms with van der Waals surface area (Å²) in [6.45, 7) is 9.10. The molecule has 148 valence electrons. The van der Waals surface area contributed by atoms with Crippen molar-refractivity contribution in [3.63, 3.8) is 0 Å². The summed E-state index contributed by atoms with van der Waals surface area (Å²) in [7, 11) is 0. The Labute approximate surface area is 166 Å². The number of aryl methyl sites for hydroxylation is 2. The van der Waals surface area contributed by atoms with Crippen LogP contribution in [-0.2, 0) is 25.8 Å². The standard InChI is InChI=1S/C20H32N6S/c1-4-21-20(23-15(2)14-17-10-9-16(3)27-17)22-12-11-19-25-24-18-8-6-5-7-13-26(18)19/h9-10,15H,4-8,11-14H2,1-3H3,(H2,21,22,23). The van der Waals surface area contributed by atoms with Gasteiger partial charge in [0.15, 0.2) is 5.96 Å². The molecule has 1 aliphatic heterocycles. The largest absolute Gasteiger partial charge is 0.357 e. The van der Waals surface area contributed by atoms with E-state index in [0.29, 0.717) is 6.04 Å². The average molecular weight is 389 g/mol. The minimum Gasteiger partial charge on any atom is -0.357 e. The summed E-state index contributed by atoms with van der Waals surface area (Å²) >= 11 is 1.87. The van der Waals surface area contributed by atoms with Crippen molar-refractivity contribution in [2.24, 2.45) is 4.99 Å². The Balaban J connectivity index is 1.55. The molecule has 2 aromatic rings. The molecular weight excluding hydrogens is 356 g/mol. The summed E-state index contributed by atoms with van der Waals surface area (Å²) in [5, 5.41) is 15.7. The van der Waals surface area contributed by atoms with E-state index in [9.17, 15) is 0 Å². The second-order valence-corrected chi connectivity index (χ2v) is 8.64. The van der Waals surface area contributed by atoms with Gasteiger partial charge < -0.3 is 15.2 Å². The number of aliphatic imine (C=N–C) groups is 1. The Morgan fingerprint density at radius 1 is 1.30 bits per heavy atom. The van der Waals surface area contributed by atoms with Gasteiger partial charge in [0.05, 0.1) is 0 Å². The first kappa shape index (κ1) is 19.9. The van der Waals surface area contributed by atoms with Crippen molar-refractivity contribution < 1.29 is 0 Å². The van der Waals surface area contributed by atoms with Crippen molar-refractivity contribution in [1.29, 1.82) is 0 Å². The van der Waals surface area contributed by atoms with Crippen LogP contribution in [0.1, 0.15) is 54.5 Å². The lowest BCUT2D eigenvalue weighted by atomic mass is 10.2. The van der Waals surface area contributed by atoms with E-state index < -0.39 is 0 Å². The lowest BCUT2D eigenvalue weighted by Crippen LogP contribution is -2.43. The minimum absolute atomic E-state index is 0.338. The molecule has 3 heterocycles. The number of guanidine groups is 1. The Hall–Kier alpha value is -1.89. The van der Waals surface area contributed by atoms with E-state index >= 15 is 0 Å². The van der Waals surface area contributed by atoms with Gasteiger partial charge in [-0.25, -0.2) is 0 Å². The van der Waals surface area contributed by atoms with Crippen molar-refractivity contribution in [3.05, 3.63) is 33.5 Å². The van der Waals surface area contributed by atoms with E-state index in [2.05, 4.69) is 58.3 Å². The predicted molar refractivity (Wildman–Crippen MR) is 113 cm³/mol. The molecule has 0 saturated carbocycles. The van der Waals surface area contributed by atoms with Crippen LogP contribution in [0.25, 0.3) is 0 Å². The summed E-state index contributed by atoms with van der Waals surface area (Å²) in [4.78, 5) is 7.54. The van der Waals surface area contributed by atoms with Gasteiger partial charge in [0.25, 0.3) is 0 Å². The maximum atomic E-state index is 4.76.